The van der Waals surface area contributed by atoms with Crippen LogP contribution >= 0.6 is 190 Å². The van der Waals surface area contributed by atoms with E-state index in [4.69, 9.17) is 118 Å². The van der Waals surface area contributed by atoms with Crippen molar-refractivity contribution in [3.63, 3.8) is 0 Å². The van der Waals surface area contributed by atoms with Gasteiger partial charge in [-0.05, 0) is 219 Å². The predicted octanol–water partition coefficient (Wildman–Crippen LogP) is 28.2. The lowest BCUT2D eigenvalue weighted by Crippen LogP contribution is -2.39. The van der Waals surface area contributed by atoms with Crippen LogP contribution < -0.4 is 23.7 Å². The van der Waals surface area contributed by atoms with Crippen molar-refractivity contribution in [3.05, 3.63) is 254 Å². The van der Waals surface area contributed by atoms with Crippen LogP contribution in [0.5, 0.6) is 46.0 Å². The van der Waals surface area contributed by atoms with Gasteiger partial charge in [0.05, 0.1) is 40.1 Å². The van der Waals surface area contributed by atoms with E-state index in [9.17, 15) is 53.1 Å². The second-order valence-corrected chi connectivity index (χ2v) is 36.1. The molecule has 4 heterocycles. The fourth-order valence-corrected chi connectivity index (χ4v) is 12.5. The maximum Gasteiger partial charge on any atom is 0.514 e. The van der Waals surface area contributed by atoms with Crippen molar-refractivity contribution in [1.29, 1.82) is 0 Å². The SMILES string of the molecule is BrBr.C.C.C=CC(=O)O.CC(C)(C)OC(=O)Oc1ccccc1Br.CC1(C)OC(=O)c2cccc(/C=C/OC=O)c2O1.CC1(C)OC(=O)c2cccc(/C=C\Br)c2O1.CC1(C)OC(=O)c2cccc(Br)c2O1.CC1(C)OC(=O)c2cccc(C(Br)C(Br)OC=O)c2O1.CCCCOC(=O)c1cccc(Br)c1O.ClC(Cl)Cl.O=C(O)c1cccc(Br)c1O.Oc1ccccc1Br.[2H-].[2H][2H].[2H][2H]. The number of aliphatic carboxylic acids is 1. The molecule has 12 rings (SSSR count). The Morgan fingerprint density at radius 3 is 1.31 bits per heavy atom. The molecule has 41 heteroatoms. The Balaban J connectivity index is -0.000000714. The maximum absolute atomic E-state index is 12.0. The number of fused-ring (bicyclic) bond motifs is 4. The number of esters is 5. The maximum atomic E-state index is 12.0. The van der Waals surface area contributed by atoms with E-state index < -0.39 is 74.1 Å². The summed E-state index contributed by atoms with van der Waals surface area (Å²) in [4.78, 5) is 111. The van der Waals surface area contributed by atoms with Gasteiger partial charge in [0.2, 0.25) is 23.1 Å². The predicted molar refractivity (Wildman–Crippen MR) is 536 cm³/mol. The van der Waals surface area contributed by atoms with Gasteiger partial charge in [0.25, 0.3) is 12.9 Å². The lowest BCUT2D eigenvalue weighted by molar-refractivity contribution is -0.132. The summed E-state index contributed by atoms with van der Waals surface area (Å²) >= 11 is 45.7. The zero-order valence-corrected chi connectivity index (χ0v) is 87.8. The van der Waals surface area contributed by atoms with Crippen molar-refractivity contribution < 1.29 is 142 Å². The molecule has 0 saturated heterocycles. The number of carbonyl (C=O) groups excluding carboxylic acids is 8. The molecule has 28 nitrogen and oxygen atoms in total. The Kier molecular flexibility index (Phi) is 54.5. The summed E-state index contributed by atoms with van der Waals surface area (Å²) in [5, 5.41) is 43.1. The average Bonchev–Trinajstić information content (AvgIpc) is 0.833. The third-order valence-electron chi connectivity index (χ3n) is 14.7. The van der Waals surface area contributed by atoms with Crippen molar-refractivity contribution >= 4 is 264 Å². The Hall–Kier alpha value is -8.25. The summed E-state index contributed by atoms with van der Waals surface area (Å²) in [6.07, 6.45) is 6.53. The highest BCUT2D eigenvalue weighted by molar-refractivity contribution is 9.93. The molecule has 4 aliphatic heterocycles. The standard InChI is InChI=1S/C13H12Br2O5.C13H12O5.C12H11BrO3.2C11H13BrO3.C10H9BrO3.C7H5BrO3.C6H5BrO.C3H4O2.CHCl3.2CH4.Br2.2H2.H/c1-13(2)19-10-7(9(14)11(15)18-6-16)4-3-5-8(10)12(17)20-13;1-13(2)17-11-9(6-7-16-8-14)4-3-5-10(11)12(15)18-13;1-12(2)15-10-8(6-7-13)4-3-5-9(10)11(14)16-12;1-11(2,3)15-10(13)14-9-7-5-4-6-8(9)12;1-2-3-7-15-11(14)8-5-4-6-9(12)10(8)13;1-10(2)13-8-6(9(12)14-10)4-3-5-7(8)11;8-5-3-1-2-4(6(5)9)7(10)11;7-5-3-1-2-4-6(5)8;1-2-3(4)5;2-1(3)4;;;1-2;;;/h3-6,9,11H,1-2H3;3-8H,1-2H3;3-7H,1-2H3;4-7H,1-3H3;4-6,13H,2-3,7H2,1H3;3-5H,1-2H3;1-3,9H,(H,10,11);1-4,8H;2H,1H2,(H,4,5);1H;2*1H4;;2*1H;/q;;;;;;;;;;;;;;;-1/b;7-6+;7-6-;;;;;;;;;;;;;/i;;;;;;;;;;;;;2*1+1D;1+1. The first-order valence-electron chi connectivity index (χ1n) is 38.5. The smallest absolute Gasteiger partial charge is 0.514 e. The largest absolute Gasteiger partial charge is 1.00 e. The molecule has 0 aliphatic carbocycles. The van der Waals surface area contributed by atoms with Gasteiger partial charge in [0, 0.05) is 112 Å². The van der Waals surface area contributed by atoms with E-state index in [1.54, 1.807) is 209 Å². The van der Waals surface area contributed by atoms with Crippen LogP contribution in [0.4, 0.5) is 4.79 Å². The highest BCUT2D eigenvalue weighted by atomic mass is 80.9. The van der Waals surface area contributed by atoms with Crippen LogP contribution in [-0.2, 0) is 52.3 Å². The Labute approximate surface area is 858 Å². The third-order valence-corrected chi connectivity index (χ3v) is 20.6. The van der Waals surface area contributed by atoms with Gasteiger partial charge in [-0.25, -0.2) is 38.4 Å². The van der Waals surface area contributed by atoms with Crippen LogP contribution in [0.1, 0.15) is 202 Å². The van der Waals surface area contributed by atoms with Crippen molar-refractivity contribution in [2.75, 3.05) is 6.61 Å². The number of cyclic esters (lactones) is 4. The van der Waals surface area contributed by atoms with Gasteiger partial charge in [-0.1, -0.05) is 180 Å². The summed E-state index contributed by atoms with van der Waals surface area (Å²) in [5.41, 5.74) is 3.34. The minimum absolute atomic E-state index is 0. The van der Waals surface area contributed by atoms with E-state index >= 15 is 0 Å². The average molecular weight is 2530 g/mol. The number of carboxylic acids is 2. The number of hydrogen-bond acceptors (Lipinski definition) is 26. The molecule has 2 atom stereocenters. The normalized spacial score (nSPS) is 13.9. The topological polar surface area (TPSA) is 392 Å². The zero-order valence-electron chi connectivity index (χ0n) is 74.7. The minimum Gasteiger partial charge on any atom is -1.00 e. The highest BCUT2D eigenvalue weighted by Crippen LogP contribution is 2.44. The van der Waals surface area contributed by atoms with Gasteiger partial charge in [0.15, 0.2) is 15.1 Å². The number of carbonyl (C=O) groups is 10. The number of aromatic hydroxyl groups is 3. The van der Waals surface area contributed by atoms with Crippen molar-refractivity contribution in [3.8, 4) is 46.0 Å². The van der Waals surface area contributed by atoms with E-state index in [1.165, 1.54) is 18.4 Å². The highest BCUT2D eigenvalue weighted by Gasteiger charge is 2.40. The number of ether oxygens (including phenoxy) is 13. The quantitative estimate of drug-likeness (QED) is 0.00930. The van der Waals surface area contributed by atoms with Gasteiger partial charge in [-0.15, -0.1) is 0 Å². The Morgan fingerprint density at radius 1 is 0.531 bits per heavy atom. The number of aromatic carboxylic acids is 1. The molecule has 0 fully saturated rings. The van der Waals surface area contributed by atoms with Crippen molar-refractivity contribution in [2.45, 2.75) is 154 Å². The monoisotopic (exact) mass is 2510 g/mol. The van der Waals surface area contributed by atoms with E-state index in [2.05, 4.69) is 167 Å². The second kappa shape index (κ2) is 60.1. The third kappa shape index (κ3) is 43.6. The number of alkyl halides is 5. The first-order chi connectivity index (χ1) is 61.9. The number of phenolic OH excluding ortho intramolecular Hbond substituents is 2. The number of unbranched alkanes of at least 4 members (excludes halogenated alkanes) is 1. The van der Waals surface area contributed by atoms with Crippen LogP contribution in [0.25, 0.3) is 12.2 Å². The number of rotatable bonds is 15. The molecule has 714 valence electrons. The summed E-state index contributed by atoms with van der Waals surface area (Å²) in [7, 11) is 0. The summed E-state index contributed by atoms with van der Waals surface area (Å²) in [6, 6.07) is 44.3. The molecule has 0 spiro atoms. The lowest BCUT2D eigenvalue weighted by Gasteiger charge is -2.33. The molecule has 0 bridgehead atoms. The molecule has 0 aromatic heterocycles. The van der Waals surface area contributed by atoms with Crippen molar-refractivity contribution in [1.82, 2.24) is 0 Å². The lowest BCUT2D eigenvalue weighted by atomic mass is 10.0. The summed E-state index contributed by atoms with van der Waals surface area (Å²) in [6.45, 7) is 24.8. The minimum atomic E-state index is -1.14. The molecule has 0 saturated carbocycles. The molecule has 0 radical (unpaired) electrons. The van der Waals surface area contributed by atoms with E-state index in [-0.39, 0.29) is 61.4 Å². The first-order valence-corrected chi connectivity index (χ1v) is 48.3. The molecular formula is C89H98Br10Cl3O28-. The number of halogens is 13. The zero-order chi connectivity index (χ0) is 101. The number of hydrogen-bond donors (Lipinski definition) is 5. The van der Waals surface area contributed by atoms with Crippen LogP contribution in [0.2, 0.25) is 0 Å². The van der Waals surface area contributed by atoms with Crippen LogP contribution in [-0.4, -0.2) is 131 Å². The molecule has 0 amide bonds. The van der Waals surface area contributed by atoms with Crippen molar-refractivity contribution in [2.24, 2.45) is 0 Å². The van der Waals surface area contributed by atoms with E-state index in [1.807, 2.05) is 37.3 Å². The molecule has 8 aromatic carbocycles. The number of carboxylic acid groups (broad SMARTS) is 2. The van der Waals surface area contributed by atoms with Crippen LogP contribution in [0.3, 0.4) is 0 Å². The Bertz CT molecular complexity index is 5170. The number of para-hydroxylation sites is 8. The first kappa shape index (κ1) is 118. The number of phenols is 3. The molecule has 130 heavy (non-hydrogen) atoms. The van der Waals surface area contributed by atoms with Gasteiger partial charge in [-0.3, -0.25) is 9.59 Å². The summed E-state index contributed by atoms with van der Waals surface area (Å²) in [5.74, 6) is -5.66. The molecular weight excluding hydrogens is 2420 g/mol. The van der Waals surface area contributed by atoms with E-state index in [0.29, 0.717) is 90.6 Å². The molecule has 5 N–H and O–H groups in total. The van der Waals surface area contributed by atoms with Gasteiger partial charge >= 0.3 is 47.9 Å². The number of benzene rings is 8. The molecule has 2 unspecified atom stereocenters. The second-order valence-electron chi connectivity index (χ2n) is 27.5. The summed E-state index contributed by atoms with van der Waals surface area (Å²) < 4.78 is 89.7. The van der Waals surface area contributed by atoms with Gasteiger partial charge < -0.3 is 88.5 Å². The van der Waals surface area contributed by atoms with Crippen LogP contribution in [0.15, 0.2) is 204 Å². The van der Waals surface area contributed by atoms with Gasteiger partial charge in [0.1, 0.15) is 79.2 Å². The van der Waals surface area contributed by atoms with Gasteiger partial charge in [-0.2, -0.15) is 0 Å². The van der Waals surface area contributed by atoms with Crippen LogP contribution in [0, 0.1) is 0 Å². The molecule has 8 aromatic rings. The van der Waals surface area contributed by atoms with E-state index in [0.717, 1.165) is 37.9 Å². The fourth-order valence-electron chi connectivity index (χ4n) is 9.49. The fraction of sp³-hybridized carbons (Fsp3) is 0.281. The Morgan fingerprint density at radius 2 is 0.908 bits per heavy atom. The molecule has 4 aliphatic rings.